The number of aliphatic hydroxyl groups is 1. The number of aryl methyl sites for hydroxylation is 1. The Bertz CT molecular complexity index is 736. The van der Waals surface area contributed by atoms with Crippen LogP contribution in [0.4, 0.5) is 11.6 Å². The van der Waals surface area contributed by atoms with Crippen molar-refractivity contribution in [2.45, 2.75) is 17.9 Å². The molecule has 1 aromatic heterocycles. The van der Waals surface area contributed by atoms with Crippen LogP contribution in [0.15, 0.2) is 41.6 Å². The van der Waals surface area contributed by atoms with Crippen molar-refractivity contribution >= 4 is 33.3 Å². The first kappa shape index (κ1) is 17.5. The fourth-order valence-corrected chi connectivity index (χ4v) is 2.73. The van der Waals surface area contributed by atoms with Crippen LogP contribution in [-0.4, -0.2) is 42.0 Å². The van der Waals surface area contributed by atoms with Gasteiger partial charge in [-0.1, -0.05) is 0 Å². The van der Waals surface area contributed by atoms with Crippen LogP contribution in [0.2, 0.25) is 0 Å². The standard InChI is InChI=1S/C14H17ClN4O3S/c1-10-7-17-14(18-8-10)19-23(21,22)13-4-2-11(3-5-13)16-9-12(20)6-15/h2-5,7-8,12,16,20H,6,9H2,1H3,(H,17,18,19). The molecule has 124 valence electrons. The van der Waals surface area contributed by atoms with Gasteiger partial charge < -0.3 is 10.4 Å². The molecule has 9 heteroatoms. The predicted molar refractivity (Wildman–Crippen MR) is 89.2 cm³/mol. The predicted octanol–water partition coefficient (Wildman–Crippen LogP) is 1.60. The van der Waals surface area contributed by atoms with Crippen LogP contribution >= 0.6 is 11.6 Å². The Morgan fingerprint density at radius 2 is 1.83 bits per heavy atom. The van der Waals surface area contributed by atoms with E-state index in [0.717, 1.165) is 5.56 Å². The Morgan fingerprint density at radius 3 is 2.39 bits per heavy atom. The molecular formula is C14H17ClN4O3S. The van der Waals surface area contributed by atoms with Crippen LogP contribution in [0.1, 0.15) is 5.56 Å². The van der Waals surface area contributed by atoms with Gasteiger partial charge in [0.2, 0.25) is 5.95 Å². The van der Waals surface area contributed by atoms with Crippen molar-refractivity contribution in [2.24, 2.45) is 0 Å². The normalized spacial score (nSPS) is 12.7. The Kier molecular flexibility index (Phi) is 5.75. The molecule has 2 rings (SSSR count). The molecule has 0 aliphatic carbocycles. The van der Waals surface area contributed by atoms with Crippen molar-refractivity contribution in [2.75, 3.05) is 22.5 Å². The second-order valence-corrected chi connectivity index (χ2v) is 6.89. The van der Waals surface area contributed by atoms with Crippen LogP contribution in [0, 0.1) is 6.92 Å². The van der Waals surface area contributed by atoms with Gasteiger partial charge in [-0.2, -0.15) is 0 Å². The van der Waals surface area contributed by atoms with E-state index in [1.807, 2.05) is 6.92 Å². The highest BCUT2D eigenvalue weighted by molar-refractivity contribution is 7.92. The molecule has 0 amide bonds. The van der Waals surface area contributed by atoms with Gasteiger partial charge in [0.15, 0.2) is 0 Å². The number of halogens is 1. The first-order valence-electron chi connectivity index (χ1n) is 6.80. The van der Waals surface area contributed by atoms with Gasteiger partial charge in [0.1, 0.15) is 0 Å². The number of hydrogen-bond acceptors (Lipinski definition) is 6. The average molecular weight is 357 g/mol. The molecular weight excluding hydrogens is 340 g/mol. The van der Waals surface area contributed by atoms with Crippen molar-refractivity contribution in [3.05, 3.63) is 42.2 Å². The molecule has 2 aromatic rings. The van der Waals surface area contributed by atoms with Crippen LogP contribution in [0.3, 0.4) is 0 Å². The summed E-state index contributed by atoms with van der Waals surface area (Å²) in [4.78, 5) is 7.91. The maximum absolute atomic E-state index is 12.2. The molecule has 0 saturated carbocycles. The van der Waals surface area contributed by atoms with Crippen molar-refractivity contribution in [1.29, 1.82) is 0 Å². The summed E-state index contributed by atoms with van der Waals surface area (Å²) in [6.45, 7) is 2.09. The van der Waals surface area contributed by atoms with E-state index in [4.69, 9.17) is 11.6 Å². The largest absolute Gasteiger partial charge is 0.390 e. The molecule has 0 aliphatic rings. The number of anilines is 2. The van der Waals surface area contributed by atoms with E-state index in [9.17, 15) is 13.5 Å². The highest BCUT2D eigenvalue weighted by atomic mass is 35.5. The number of nitrogens with one attached hydrogen (secondary N) is 2. The molecule has 0 fully saturated rings. The lowest BCUT2D eigenvalue weighted by Gasteiger charge is -2.11. The molecule has 0 bridgehead atoms. The molecule has 0 radical (unpaired) electrons. The van der Waals surface area contributed by atoms with Crippen LogP contribution < -0.4 is 10.0 Å². The Labute approximate surface area is 139 Å². The highest BCUT2D eigenvalue weighted by Gasteiger charge is 2.15. The van der Waals surface area contributed by atoms with Gasteiger partial charge in [0, 0.05) is 24.6 Å². The van der Waals surface area contributed by atoms with Crippen molar-refractivity contribution in [1.82, 2.24) is 9.97 Å². The van der Waals surface area contributed by atoms with E-state index in [1.54, 1.807) is 12.1 Å². The maximum atomic E-state index is 12.2. The van der Waals surface area contributed by atoms with E-state index in [1.165, 1.54) is 24.5 Å². The molecule has 1 aromatic carbocycles. The number of hydrogen-bond donors (Lipinski definition) is 3. The van der Waals surface area contributed by atoms with E-state index >= 15 is 0 Å². The molecule has 1 unspecified atom stereocenters. The summed E-state index contributed by atoms with van der Waals surface area (Å²) >= 11 is 5.50. The Hall–Kier alpha value is -1.90. The van der Waals surface area contributed by atoms with Crippen LogP contribution in [0.5, 0.6) is 0 Å². The number of benzene rings is 1. The van der Waals surface area contributed by atoms with Crippen molar-refractivity contribution < 1.29 is 13.5 Å². The molecule has 0 spiro atoms. The number of alkyl halides is 1. The summed E-state index contributed by atoms with van der Waals surface area (Å²) in [5, 5.41) is 12.3. The molecule has 23 heavy (non-hydrogen) atoms. The number of nitrogens with zero attached hydrogens (tertiary/aromatic N) is 2. The minimum Gasteiger partial charge on any atom is -0.390 e. The lowest BCUT2D eigenvalue weighted by atomic mass is 10.3. The molecule has 0 aliphatic heterocycles. The quantitative estimate of drug-likeness (QED) is 0.651. The maximum Gasteiger partial charge on any atom is 0.264 e. The molecule has 3 N–H and O–H groups in total. The number of rotatable bonds is 7. The summed E-state index contributed by atoms with van der Waals surface area (Å²) in [6.07, 6.45) is 2.39. The molecule has 0 saturated heterocycles. The minimum atomic E-state index is -3.75. The summed E-state index contributed by atoms with van der Waals surface area (Å²) in [6, 6.07) is 6.11. The van der Waals surface area contributed by atoms with Crippen LogP contribution in [0.25, 0.3) is 0 Å². The molecule has 7 nitrogen and oxygen atoms in total. The van der Waals surface area contributed by atoms with Crippen molar-refractivity contribution in [3.63, 3.8) is 0 Å². The topological polar surface area (TPSA) is 104 Å². The summed E-state index contributed by atoms with van der Waals surface area (Å²) < 4.78 is 26.8. The van der Waals surface area contributed by atoms with Gasteiger partial charge in [-0.15, -0.1) is 11.6 Å². The summed E-state index contributed by atoms with van der Waals surface area (Å²) in [5.74, 6) is 0.142. The fourth-order valence-electron chi connectivity index (χ4n) is 1.67. The van der Waals surface area contributed by atoms with Gasteiger partial charge in [0.05, 0.1) is 16.9 Å². The third-order valence-electron chi connectivity index (χ3n) is 2.89. The lowest BCUT2D eigenvalue weighted by molar-refractivity contribution is 0.211. The van der Waals surface area contributed by atoms with Gasteiger partial charge in [0.25, 0.3) is 10.0 Å². The fraction of sp³-hybridized carbons (Fsp3) is 0.286. The zero-order valence-corrected chi connectivity index (χ0v) is 14.0. The van der Waals surface area contributed by atoms with E-state index in [-0.39, 0.29) is 23.3 Å². The monoisotopic (exact) mass is 356 g/mol. The third kappa shape index (κ3) is 5.05. The van der Waals surface area contributed by atoms with E-state index in [2.05, 4.69) is 20.0 Å². The van der Waals surface area contributed by atoms with E-state index < -0.39 is 16.1 Å². The number of aliphatic hydroxyl groups excluding tert-OH is 1. The number of sulfonamides is 1. The van der Waals surface area contributed by atoms with Gasteiger partial charge in [-0.25, -0.2) is 23.1 Å². The van der Waals surface area contributed by atoms with Crippen molar-refractivity contribution in [3.8, 4) is 0 Å². The molecule has 1 atom stereocenters. The Morgan fingerprint density at radius 1 is 1.22 bits per heavy atom. The second-order valence-electron chi connectivity index (χ2n) is 4.90. The third-order valence-corrected chi connectivity index (χ3v) is 4.59. The first-order valence-corrected chi connectivity index (χ1v) is 8.82. The summed E-state index contributed by atoms with van der Waals surface area (Å²) in [7, 11) is -3.75. The van der Waals surface area contributed by atoms with Gasteiger partial charge >= 0.3 is 0 Å². The average Bonchev–Trinajstić information content (AvgIpc) is 2.55. The lowest BCUT2D eigenvalue weighted by Crippen LogP contribution is -2.20. The first-order chi connectivity index (χ1) is 10.9. The van der Waals surface area contributed by atoms with E-state index in [0.29, 0.717) is 5.69 Å². The number of aromatic nitrogens is 2. The molecule has 1 heterocycles. The van der Waals surface area contributed by atoms with Gasteiger partial charge in [-0.05, 0) is 36.8 Å². The van der Waals surface area contributed by atoms with Crippen LogP contribution in [-0.2, 0) is 10.0 Å². The smallest absolute Gasteiger partial charge is 0.264 e. The highest BCUT2D eigenvalue weighted by Crippen LogP contribution is 2.16. The zero-order chi connectivity index (χ0) is 16.9. The SMILES string of the molecule is Cc1cnc(NS(=O)(=O)c2ccc(NCC(O)CCl)cc2)nc1. The van der Waals surface area contributed by atoms with Gasteiger partial charge in [-0.3, -0.25) is 0 Å². The Balaban J connectivity index is 2.06. The summed E-state index contributed by atoms with van der Waals surface area (Å²) in [5.41, 5.74) is 1.52. The zero-order valence-electron chi connectivity index (χ0n) is 12.4. The second kappa shape index (κ2) is 7.58. The minimum absolute atomic E-state index is 0.0167.